The first kappa shape index (κ1) is 14.3. The Labute approximate surface area is 120 Å². The summed E-state index contributed by atoms with van der Waals surface area (Å²) in [7, 11) is 0. The van der Waals surface area contributed by atoms with Crippen LogP contribution in [0.2, 0.25) is 0 Å². The second-order valence-electron chi connectivity index (χ2n) is 5.35. The minimum atomic E-state index is 0.362. The van der Waals surface area contributed by atoms with Gasteiger partial charge in [-0.2, -0.15) is 0 Å². The van der Waals surface area contributed by atoms with Crippen LogP contribution in [0, 0.1) is 5.92 Å². The fourth-order valence-corrected chi connectivity index (χ4v) is 2.57. The first-order valence-electron chi connectivity index (χ1n) is 6.82. The van der Waals surface area contributed by atoms with Crippen molar-refractivity contribution >= 4 is 22.5 Å². The number of nitrogens with zero attached hydrogens (tertiary/aromatic N) is 1. The normalized spacial score (nSPS) is 13.1. The number of rotatable bonds is 6. The Hall–Kier alpha value is -1.12. The van der Waals surface area contributed by atoms with Gasteiger partial charge in [-0.05, 0) is 24.0 Å². The van der Waals surface area contributed by atoms with Crippen molar-refractivity contribution in [2.45, 2.75) is 32.9 Å². The van der Waals surface area contributed by atoms with Gasteiger partial charge in [-0.3, -0.25) is 4.98 Å². The van der Waals surface area contributed by atoms with Crippen molar-refractivity contribution in [2.24, 2.45) is 5.92 Å². The van der Waals surface area contributed by atoms with Gasteiger partial charge in [-0.15, -0.1) is 11.6 Å². The molecule has 0 aliphatic heterocycles. The molecule has 2 rings (SSSR count). The van der Waals surface area contributed by atoms with Crippen LogP contribution in [-0.4, -0.2) is 16.9 Å². The zero-order valence-electron chi connectivity index (χ0n) is 11.6. The number of alkyl halides is 1. The van der Waals surface area contributed by atoms with Gasteiger partial charge in [0, 0.05) is 30.0 Å². The Morgan fingerprint density at radius 3 is 2.74 bits per heavy atom. The maximum Gasteiger partial charge on any atom is 0.0746 e. The highest BCUT2D eigenvalue weighted by Gasteiger charge is 2.10. The summed E-state index contributed by atoms with van der Waals surface area (Å²) in [5.74, 6) is 1.30. The predicted molar refractivity (Wildman–Crippen MR) is 82.5 cm³/mol. The molecule has 1 aromatic carbocycles. The summed E-state index contributed by atoms with van der Waals surface area (Å²) in [6, 6.07) is 10.7. The minimum absolute atomic E-state index is 0.362. The number of para-hydroxylation sites is 1. The molecule has 1 N–H and O–H groups in total. The van der Waals surface area contributed by atoms with Crippen molar-refractivity contribution in [1.82, 2.24) is 10.3 Å². The zero-order valence-corrected chi connectivity index (χ0v) is 12.3. The monoisotopic (exact) mass is 276 g/mol. The quantitative estimate of drug-likeness (QED) is 0.808. The van der Waals surface area contributed by atoms with Crippen molar-refractivity contribution in [2.75, 3.05) is 5.88 Å². The van der Waals surface area contributed by atoms with Crippen LogP contribution in [0.4, 0.5) is 0 Å². The third kappa shape index (κ3) is 3.92. The van der Waals surface area contributed by atoms with Gasteiger partial charge < -0.3 is 5.32 Å². The number of nitrogens with one attached hydrogen (secondary N) is 1. The van der Waals surface area contributed by atoms with Crippen LogP contribution in [0.15, 0.2) is 36.5 Å². The number of hydrogen-bond acceptors (Lipinski definition) is 2. The molecule has 0 bridgehead atoms. The second-order valence-corrected chi connectivity index (χ2v) is 5.66. The lowest BCUT2D eigenvalue weighted by molar-refractivity contribution is 0.445. The van der Waals surface area contributed by atoms with Crippen LogP contribution >= 0.6 is 11.6 Å². The molecule has 1 aromatic heterocycles. The van der Waals surface area contributed by atoms with Crippen molar-refractivity contribution in [3.05, 3.63) is 42.1 Å². The van der Waals surface area contributed by atoms with Gasteiger partial charge in [0.2, 0.25) is 0 Å². The fraction of sp³-hybridized carbons (Fsp3) is 0.438. The Morgan fingerprint density at radius 1 is 1.21 bits per heavy atom. The molecule has 2 aromatic rings. The van der Waals surface area contributed by atoms with Crippen LogP contribution in [0.5, 0.6) is 0 Å². The Bertz CT molecular complexity index is 520. The summed E-state index contributed by atoms with van der Waals surface area (Å²) in [5.41, 5.74) is 2.31. The highest BCUT2D eigenvalue weighted by atomic mass is 35.5. The molecule has 1 heterocycles. The van der Waals surface area contributed by atoms with E-state index in [1.165, 1.54) is 10.9 Å². The lowest BCUT2D eigenvalue weighted by Crippen LogP contribution is -2.31. The smallest absolute Gasteiger partial charge is 0.0746 e. The van der Waals surface area contributed by atoms with Gasteiger partial charge >= 0.3 is 0 Å². The van der Waals surface area contributed by atoms with Crippen LogP contribution in [0.25, 0.3) is 10.9 Å². The Balaban J connectivity index is 2.09. The summed E-state index contributed by atoms with van der Waals surface area (Å²) in [5, 5.41) is 4.73. The van der Waals surface area contributed by atoms with E-state index >= 15 is 0 Å². The van der Waals surface area contributed by atoms with Crippen molar-refractivity contribution in [1.29, 1.82) is 0 Å². The van der Waals surface area contributed by atoms with E-state index in [1.807, 2.05) is 12.3 Å². The van der Waals surface area contributed by atoms with E-state index in [1.54, 1.807) is 0 Å². The predicted octanol–water partition coefficient (Wildman–Crippen LogP) is 3.98. The SMILES string of the molecule is CC(C)CC(CCl)NCc1cccc2cccnc12. The Morgan fingerprint density at radius 2 is 2.00 bits per heavy atom. The number of aromatic nitrogens is 1. The lowest BCUT2D eigenvalue weighted by Gasteiger charge is -2.18. The summed E-state index contributed by atoms with van der Waals surface area (Å²) in [4.78, 5) is 4.47. The first-order valence-corrected chi connectivity index (χ1v) is 7.36. The van der Waals surface area contributed by atoms with E-state index in [0.29, 0.717) is 17.8 Å². The number of halogens is 1. The van der Waals surface area contributed by atoms with E-state index in [9.17, 15) is 0 Å². The van der Waals surface area contributed by atoms with Crippen molar-refractivity contribution < 1.29 is 0 Å². The summed E-state index contributed by atoms with van der Waals surface area (Å²) >= 11 is 6.02. The molecular weight excluding hydrogens is 256 g/mol. The maximum atomic E-state index is 6.02. The van der Waals surface area contributed by atoms with Crippen LogP contribution in [-0.2, 0) is 6.54 Å². The molecular formula is C16H21ClN2. The number of fused-ring (bicyclic) bond motifs is 1. The molecule has 1 atom stereocenters. The standard InChI is InChI=1S/C16H21ClN2/c1-12(2)9-15(10-17)19-11-14-6-3-5-13-7-4-8-18-16(13)14/h3-8,12,15,19H,9-11H2,1-2H3. The molecule has 0 saturated heterocycles. The molecule has 3 heteroatoms. The molecule has 0 fully saturated rings. The molecule has 1 unspecified atom stereocenters. The van der Waals surface area contributed by atoms with Gasteiger partial charge in [-0.1, -0.05) is 38.1 Å². The lowest BCUT2D eigenvalue weighted by atomic mass is 10.0. The third-order valence-corrected chi connectivity index (χ3v) is 3.61. The van der Waals surface area contributed by atoms with Crippen LogP contribution in [0.1, 0.15) is 25.8 Å². The van der Waals surface area contributed by atoms with E-state index < -0.39 is 0 Å². The average Bonchev–Trinajstić information content (AvgIpc) is 2.43. The molecule has 0 radical (unpaired) electrons. The number of benzene rings is 1. The van der Waals surface area contributed by atoms with Gasteiger partial charge in [0.25, 0.3) is 0 Å². The fourth-order valence-electron chi connectivity index (χ4n) is 2.33. The van der Waals surface area contributed by atoms with E-state index in [2.05, 4.69) is 48.4 Å². The van der Waals surface area contributed by atoms with Gasteiger partial charge in [0.15, 0.2) is 0 Å². The van der Waals surface area contributed by atoms with E-state index in [0.717, 1.165) is 18.5 Å². The maximum absolute atomic E-state index is 6.02. The molecule has 0 spiro atoms. The molecule has 0 aliphatic carbocycles. The van der Waals surface area contributed by atoms with Gasteiger partial charge in [0.1, 0.15) is 0 Å². The van der Waals surface area contributed by atoms with Crippen molar-refractivity contribution in [3.8, 4) is 0 Å². The van der Waals surface area contributed by atoms with E-state index in [4.69, 9.17) is 11.6 Å². The molecule has 0 amide bonds. The molecule has 0 aliphatic rings. The topological polar surface area (TPSA) is 24.9 Å². The summed E-state index contributed by atoms with van der Waals surface area (Å²) < 4.78 is 0. The molecule has 2 nitrogen and oxygen atoms in total. The first-order chi connectivity index (χ1) is 9.20. The van der Waals surface area contributed by atoms with Crippen LogP contribution in [0.3, 0.4) is 0 Å². The number of hydrogen-bond donors (Lipinski definition) is 1. The zero-order chi connectivity index (χ0) is 13.7. The second kappa shape index (κ2) is 6.88. The molecule has 0 saturated carbocycles. The Kier molecular flexibility index (Phi) is 5.17. The van der Waals surface area contributed by atoms with E-state index in [-0.39, 0.29) is 0 Å². The highest BCUT2D eigenvalue weighted by molar-refractivity contribution is 6.18. The summed E-state index contributed by atoms with van der Waals surface area (Å²) in [6.45, 7) is 5.26. The minimum Gasteiger partial charge on any atom is -0.309 e. The highest BCUT2D eigenvalue weighted by Crippen LogP contribution is 2.16. The number of pyridine rings is 1. The molecule has 102 valence electrons. The largest absolute Gasteiger partial charge is 0.309 e. The van der Waals surface area contributed by atoms with Gasteiger partial charge in [-0.25, -0.2) is 0 Å². The van der Waals surface area contributed by atoms with Crippen molar-refractivity contribution in [3.63, 3.8) is 0 Å². The van der Waals surface area contributed by atoms with Gasteiger partial charge in [0.05, 0.1) is 5.52 Å². The van der Waals surface area contributed by atoms with Crippen LogP contribution < -0.4 is 5.32 Å². The average molecular weight is 277 g/mol. The summed E-state index contributed by atoms with van der Waals surface area (Å²) in [6.07, 6.45) is 2.95. The molecule has 19 heavy (non-hydrogen) atoms. The third-order valence-electron chi connectivity index (χ3n) is 3.24.